The Morgan fingerprint density at radius 3 is 2.89 bits per heavy atom. The monoisotopic (exact) mass is 265 g/mol. The summed E-state index contributed by atoms with van der Waals surface area (Å²) in [6.45, 7) is 2.72. The molecule has 0 fully saturated rings. The van der Waals surface area contributed by atoms with E-state index in [9.17, 15) is 0 Å². The van der Waals surface area contributed by atoms with Gasteiger partial charge in [0.25, 0.3) is 0 Å². The fourth-order valence-corrected chi connectivity index (χ4v) is 1.98. The second kappa shape index (κ2) is 5.94. The lowest BCUT2D eigenvalue weighted by Crippen LogP contribution is -2.18. The Balaban J connectivity index is 2.03. The molecule has 0 bridgehead atoms. The molecule has 0 spiro atoms. The molecule has 1 atom stereocenters. The molecule has 96 valence electrons. The summed E-state index contributed by atoms with van der Waals surface area (Å²) in [6.07, 6.45) is 1.67. The van der Waals surface area contributed by atoms with Crippen LogP contribution in [0.5, 0.6) is 5.75 Å². The minimum absolute atomic E-state index is 0.142. The quantitative estimate of drug-likeness (QED) is 0.893. The van der Waals surface area contributed by atoms with Crippen molar-refractivity contribution < 1.29 is 9.15 Å². The Morgan fingerprint density at radius 1 is 1.39 bits per heavy atom. The number of methoxy groups -OCH3 is 1. The predicted octanol–water partition coefficient (Wildman–Crippen LogP) is 3.79. The lowest BCUT2D eigenvalue weighted by molar-refractivity contribution is 0.399. The minimum Gasteiger partial charge on any atom is -0.496 e. The van der Waals surface area contributed by atoms with E-state index in [1.54, 1.807) is 13.4 Å². The predicted molar refractivity (Wildman–Crippen MR) is 72.0 cm³/mol. The molecule has 18 heavy (non-hydrogen) atoms. The summed E-state index contributed by atoms with van der Waals surface area (Å²) in [4.78, 5) is 0. The van der Waals surface area contributed by atoms with Gasteiger partial charge in [-0.05, 0) is 37.3 Å². The van der Waals surface area contributed by atoms with Gasteiger partial charge in [-0.15, -0.1) is 0 Å². The van der Waals surface area contributed by atoms with Crippen molar-refractivity contribution in [3.63, 3.8) is 0 Å². The SMILES string of the molecule is COc1ccc(Cl)cc1CNC(C)c1ccco1. The highest BCUT2D eigenvalue weighted by atomic mass is 35.5. The highest BCUT2D eigenvalue weighted by Crippen LogP contribution is 2.23. The average Bonchev–Trinajstić information content (AvgIpc) is 2.90. The molecule has 0 aliphatic carbocycles. The van der Waals surface area contributed by atoms with Gasteiger partial charge < -0.3 is 14.5 Å². The van der Waals surface area contributed by atoms with E-state index in [1.165, 1.54) is 0 Å². The molecule has 4 heteroatoms. The van der Waals surface area contributed by atoms with Crippen LogP contribution in [-0.2, 0) is 6.54 Å². The maximum atomic E-state index is 5.99. The summed E-state index contributed by atoms with van der Waals surface area (Å²) in [7, 11) is 1.66. The molecule has 1 aromatic heterocycles. The van der Waals surface area contributed by atoms with Gasteiger partial charge in [0.1, 0.15) is 11.5 Å². The van der Waals surface area contributed by atoms with E-state index in [0.717, 1.165) is 17.1 Å². The molecule has 1 N–H and O–H groups in total. The van der Waals surface area contributed by atoms with Gasteiger partial charge in [0.15, 0.2) is 0 Å². The molecule has 3 nitrogen and oxygen atoms in total. The van der Waals surface area contributed by atoms with Crippen LogP contribution in [0.15, 0.2) is 41.0 Å². The van der Waals surface area contributed by atoms with Crippen molar-refractivity contribution in [1.29, 1.82) is 0 Å². The summed E-state index contributed by atoms with van der Waals surface area (Å²) in [6, 6.07) is 9.57. The first-order valence-corrected chi connectivity index (χ1v) is 6.17. The molecule has 1 heterocycles. The van der Waals surface area contributed by atoms with E-state index in [-0.39, 0.29) is 6.04 Å². The van der Waals surface area contributed by atoms with Gasteiger partial charge in [-0.25, -0.2) is 0 Å². The smallest absolute Gasteiger partial charge is 0.123 e. The minimum atomic E-state index is 0.142. The second-order valence-corrected chi connectivity index (χ2v) is 4.51. The lowest BCUT2D eigenvalue weighted by Gasteiger charge is -2.13. The zero-order chi connectivity index (χ0) is 13.0. The number of hydrogen-bond acceptors (Lipinski definition) is 3. The van der Waals surface area contributed by atoms with Crippen LogP contribution >= 0.6 is 11.6 Å². The third-order valence-corrected chi connectivity index (χ3v) is 3.05. The number of rotatable bonds is 5. The van der Waals surface area contributed by atoms with Crippen molar-refractivity contribution in [2.45, 2.75) is 19.5 Å². The Bertz CT molecular complexity index is 497. The number of ether oxygens (including phenoxy) is 1. The summed E-state index contributed by atoms with van der Waals surface area (Å²) in [5.74, 6) is 1.74. The molecule has 2 aromatic rings. The Hall–Kier alpha value is -1.45. The van der Waals surface area contributed by atoms with Gasteiger partial charge in [-0.3, -0.25) is 0 Å². The van der Waals surface area contributed by atoms with Crippen molar-refractivity contribution in [3.05, 3.63) is 52.9 Å². The van der Waals surface area contributed by atoms with Crippen LogP contribution in [0.2, 0.25) is 5.02 Å². The molecule has 1 unspecified atom stereocenters. The van der Waals surface area contributed by atoms with Gasteiger partial charge in [-0.1, -0.05) is 11.6 Å². The van der Waals surface area contributed by atoms with E-state index in [0.29, 0.717) is 11.6 Å². The summed E-state index contributed by atoms with van der Waals surface area (Å²) >= 11 is 5.99. The third kappa shape index (κ3) is 3.06. The first-order chi connectivity index (χ1) is 8.70. The number of hydrogen-bond donors (Lipinski definition) is 1. The highest BCUT2D eigenvalue weighted by molar-refractivity contribution is 6.30. The molecule has 0 saturated carbocycles. The number of halogens is 1. The number of benzene rings is 1. The van der Waals surface area contributed by atoms with Crippen molar-refractivity contribution in [1.82, 2.24) is 5.32 Å². The maximum Gasteiger partial charge on any atom is 0.123 e. The number of furan rings is 1. The van der Waals surface area contributed by atoms with E-state index in [4.69, 9.17) is 20.8 Å². The van der Waals surface area contributed by atoms with Crippen LogP contribution in [0.3, 0.4) is 0 Å². The van der Waals surface area contributed by atoms with E-state index in [1.807, 2.05) is 30.3 Å². The van der Waals surface area contributed by atoms with Crippen LogP contribution in [0, 0.1) is 0 Å². The van der Waals surface area contributed by atoms with E-state index < -0.39 is 0 Å². The molecular weight excluding hydrogens is 250 g/mol. The standard InChI is InChI=1S/C14H16ClNO2/c1-10(13-4-3-7-18-13)16-9-11-8-12(15)5-6-14(11)17-2/h3-8,10,16H,9H2,1-2H3. The zero-order valence-electron chi connectivity index (χ0n) is 10.4. The summed E-state index contributed by atoms with van der Waals surface area (Å²) in [5.41, 5.74) is 1.03. The van der Waals surface area contributed by atoms with Crippen LogP contribution in [0.25, 0.3) is 0 Å². The first kappa shape index (κ1) is 13.0. The molecule has 0 aliphatic heterocycles. The second-order valence-electron chi connectivity index (χ2n) is 4.07. The Kier molecular flexibility index (Phi) is 4.28. The molecule has 0 saturated heterocycles. The summed E-state index contributed by atoms with van der Waals surface area (Å²) < 4.78 is 10.6. The Labute approximate surface area is 112 Å². The molecule has 0 amide bonds. The third-order valence-electron chi connectivity index (χ3n) is 2.81. The molecule has 0 radical (unpaired) electrons. The first-order valence-electron chi connectivity index (χ1n) is 5.80. The van der Waals surface area contributed by atoms with Crippen molar-refractivity contribution in [2.75, 3.05) is 7.11 Å². The maximum absolute atomic E-state index is 5.99. The lowest BCUT2D eigenvalue weighted by atomic mass is 10.1. The molecule has 1 aromatic carbocycles. The van der Waals surface area contributed by atoms with E-state index in [2.05, 4.69) is 12.2 Å². The zero-order valence-corrected chi connectivity index (χ0v) is 11.2. The van der Waals surface area contributed by atoms with Crippen molar-refractivity contribution in [2.24, 2.45) is 0 Å². The highest BCUT2D eigenvalue weighted by Gasteiger charge is 2.09. The topological polar surface area (TPSA) is 34.4 Å². The van der Waals surface area contributed by atoms with Crippen LogP contribution < -0.4 is 10.1 Å². The average molecular weight is 266 g/mol. The largest absolute Gasteiger partial charge is 0.496 e. The van der Waals surface area contributed by atoms with Gasteiger partial charge in [0.05, 0.1) is 19.4 Å². The number of nitrogens with one attached hydrogen (secondary N) is 1. The van der Waals surface area contributed by atoms with Crippen molar-refractivity contribution >= 4 is 11.6 Å². The normalized spacial score (nSPS) is 12.4. The van der Waals surface area contributed by atoms with Crippen LogP contribution in [0.4, 0.5) is 0 Å². The van der Waals surface area contributed by atoms with Crippen molar-refractivity contribution in [3.8, 4) is 5.75 Å². The van der Waals surface area contributed by atoms with Crippen LogP contribution in [-0.4, -0.2) is 7.11 Å². The molecular formula is C14H16ClNO2. The van der Waals surface area contributed by atoms with Gasteiger partial charge in [0, 0.05) is 17.1 Å². The van der Waals surface area contributed by atoms with Crippen LogP contribution in [0.1, 0.15) is 24.3 Å². The fourth-order valence-electron chi connectivity index (χ4n) is 1.79. The van der Waals surface area contributed by atoms with Gasteiger partial charge in [-0.2, -0.15) is 0 Å². The Morgan fingerprint density at radius 2 is 2.22 bits per heavy atom. The molecule has 0 aliphatic rings. The fraction of sp³-hybridized carbons (Fsp3) is 0.286. The summed E-state index contributed by atoms with van der Waals surface area (Å²) in [5, 5.41) is 4.08. The molecule has 2 rings (SSSR count). The van der Waals surface area contributed by atoms with E-state index >= 15 is 0 Å². The van der Waals surface area contributed by atoms with Gasteiger partial charge >= 0.3 is 0 Å². The van der Waals surface area contributed by atoms with Gasteiger partial charge in [0.2, 0.25) is 0 Å².